The number of hydrogen-bond acceptors (Lipinski definition) is 5. The van der Waals surface area contributed by atoms with Crippen LogP contribution in [0.25, 0.3) is 0 Å². The van der Waals surface area contributed by atoms with Gasteiger partial charge < -0.3 is 9.47 Å². The van der Waals surface area contributed by atoms with Gasteiger partial charge in [0, 0.05) is 13.6 Å². The minimum absolute atomic E-state index is 0.0932. The van der Waals surface area contributed by atoms with Crippen LogP contribution in [-0.4, -0.2) is 55.9 Å². The van der Waals surface area contributed by atoms with Gasteiger partial charge in [0.05, 0.1) is 18.3 Å². The summed E-state index contributed by atoms with van der Waals surface area (Å²) >= 11 is 1.50. The molecule has 6 nitrogen and oxygen atoms in total. The van der Waals surface area contributed by atoms with E-state index in [-0.39, 0.29) is 11.2 Å². The molecule has 0 radical (unpaired) electrons. The van der Waals surface area contributed by atoms with Gasteiger partial charge in [0.1, 0.15) is 5.82 Å². The van der Waals surface area contributed by atoms with Gasteiger partial charge in [-0.15, -0.1) is 10.2 Å². The Morgan fingerprint density at radius 3 is 2.24 bits per heavy atom. The number of nitrogens with zero attached hydrogens (tertiary/aromatic N) is 5. The number of carbonyl (C=O) groups is 1. The molecule has 4 rings (SSSR count). The Hall–Kier alpha value is -2.64. The van der Waals surface area contributed by atoms with Gasteiger partial charge >= 0.3 is 0 Å². The lowest BCUT2D eigenvalue weighted by Crippen LogP contribution is -2.33. The number of amides is 1. The molecule has 0 saturated carbocycles. The van der Waals surface area contributed by atoms with E-state index in [1.54, 1.807) is 4.90 Å². The normalized spacial score (nSPS) is 15.3. The number of thioether (sulfide) groups is 1. The molecule has 0 aliphatic carbocycles. The standard InChI is InChI=1S/C26H33N5OS/c1-21(25(32)29(2)18-22-12-6-3-7-13-22)33-26-28-27-24(20-30-16-10-5-11-17-30)31(26)19-23-14-8-4-9-15-23/h3-4,6-9,12-15,21H,5,10-11,16-20H2,1-2H3. The molecule has 1 aliphatic rings. The van der Waals surface area contributed by atoms with Crippen molar-refractivity contribution < 1.29 is 4.79 Å². The Labute approximate surface area is 201 Å². The van der Waals surface area contributed by atoms with Crippen molar-refractivity contribution in [1.82, 2.24) is 24.6 Å². The summed E-state index contributed by atoms with van der Waals surface area (Å²) in [6, 6.07) is 20.5. The SMILES string of the molecule is CC(Sc1nnc(CN2CCCCC2)n1Cc1ccccc1)C(=O)N(C)Cc1ccccc1. The van der Waals surface area contributed by atoms with E-state index in [0.29, 0.717) is 13.1 Å². The topological polar surface area (TPSA) is 54.3 Å². The van der Waals surface area contributed by atoms with Gasteiger partial charge in [-0.1, -0.05) is 78.8 Å². The molecule has 33 heavy (non-hydrogen) atoms. The number of rotatable bonds is 9. The largest absolute Gasteiger partial charge is 0.340 e. The van der Waals surface area contributed by atoms with E-state index in [4.69, 9.17) is 0 Å². The third-order valence-corrected chi connectivity index (χ3v) is 7.13. The van der Waals surface area contributed by atoms with Gasteiger partial charge in [-0.05, 0) is 44.0 Å². The van der Waals surface area contributed by atoms with Crippen LogP contribution in [-0.2, 0) is 24.4 Å². The van der Waals surface area contributed by atoms with Crippen LogP contribution in [0.5, 0.6) is 0 Å². The molecule has 1 unspecified atom stereocenters. The van der Waals surface area contributed by atoms with Gasteiger partial charge in [-0.3, -0.25) is 9.69 Å². The van der Waals surface area contributed by atoms with Crippen molar-refractivity contribution in [3.8, 4) is 0 Å². The van der Waals surface area contributed by atoms with Crippen molar-refractivity contribution in [2.24, 2.45) is 0 Å². The Balaban J connectivity index is 1.48. The van der Waals surface area contributed by atoms with Crippen molar-refractivity contribution in [3.63, 3.8) is 0 Å². The quantitative estimate of drug-likeness (QED) is 0.439. The molecule has 3 aromatic rings. The lowest BCUT2D eigenvalue weighted by Gasteiger charge is -2.26. The van der Waals surface area contributed by atoms with Crippen LogP contribution in [0.4, 0.5) is 0 Å². The highest BCUT2D eigenvalue weighted by Gasteiger charge is 2.24. The first-order valence-corrected chi connectivity index (χ1v) is 12.6. The highest BCUT2D eigenvalue weighted by atomic mass is 32.2. The van der Waals surface area contributed by atoms with Crippen LogP contribution < -0.4 is 0 Å². The fraction of sp³-hybridized carbons (Fsp3) is 0.423. The minimum Gasteiger partial charge on any atom is -0.340 e. The molecular weight excluding hydrogens is 430 g/mol. The first-order valence-electron chi connectivity index (χ1n) is 11.7. The van der Waals surface area contributed by atoms with Crippen LogP contribution in [0.15, 0.2) is 65.8 Å². The summed E-state index contributed by atoms with van der Waals surface area (Å²) in [5, 5.41) is 9.63. The summed E-state index contributed by atoms with van der Waals surface area (Å²) in [6.45, 7) is 6.29. The second-order valence-corrected chi connectivity index (χ2v) is 10.1. The molecular formula is C26H33N5OS. The lowest BCUT2D eigenvalue weighted by atomic mass is 10.1. The number of piperidine rings is 1. The molecule has 1 saturated heterocycles. The van der Waals surface area contributed by atoms with Crippen molar-refractivity contribution in [3.05, 3.63) is 77.6 Å². The Morgan fingerprint density at radius 2 is 1.58 bits per heavy atom. The van der Waals surface area contributed by atoms with Crippen molar-refractivity contribution in [1.29, 1.82) is 0 Å². The summed E-state index contributed by atoms with van der Waals surface area (Å²) < 4.78 is 2.19. The Bertz CT molecular complexity index is 1020. The number of benzene rings is 2. The zero-order valence-electron chi connectivity index (χ0n) is 19.6. The molecule has 2 aromatic carbocycles. The number of hydrogen-bond donors (Lipinski definition) is 0. The first-order chi connectivity index (χ1) is 16.1. The van der Waals surface area contributed by atoms with Crippen LogP contribution in [0, 0.1) is 0 Å². The van der Waals surface area contributed by atoms with Crippen LogP contribution in [0.1, 0.15) is 43.1 Å². The maximum atomic E-state index is 13.1. The predicted molar refractivity (Wildman–Crippen MR) is 133 cm³/mol. The predicted octanol–water partition coefficient (Wildman–Crippen LogP) is 4.45. The highest BCUT2D eigenvalue weighted by molar-refractivity contribution is 8.00. The maximum Gasteiger partial charge on any atom is 0.235 e. The monoisotopic (exact) mass is 463 g/mol. The van der Waals surface area contributed by atoms with Gasteiger partial charge in [0.2, 0.25) is 5.91 Å². The van der Waals surface area contributed by atoms with Gasteiger partial charge in [0.15, 0.2) is 5.16 Å². The lowest BCUT2D eigenvalue weighted by molar-refractivity contribution is -0.129. The molecule has 1 atom stereocenters. The second kappa shape index (κ2) is 11.5. The van der Waals surface area contributed by atoms with E-state index in [9.17, 15) is 4.79 Å². The third kappa shape index (κ3) is 6.45. The molecule has 1 fully saturated rings. The molecule has 1 aliphatic heterocycles. The zero-order chi connectivity index (χ0) is 23.0. The van der Waals surface area contributed by atoms with Crippen molar-refractivity contribution in [2.45, 2.75) is 56.2 Å². The smallest absolute Gasteiger partial charge is 0.235 e. The summed E-state index contributed by atoms with van der Waals surface area (Å²) in [6.07, 6.45) is 3.80. The van der Waals surface area contributed by atoms with Crippen LogP contribution in [0.3, 0.4) is 0 Å². The number of aromatic nitrogens is 3. The molecule has 1 aromatic heterocycles. The molecule has 0 bridgehead atoms. The summed E-state index contributed by atoms with van der Waals surface area (Å²) in [7, 11) is 1.86. The Morgan fingerprint density at radius 1 is 0.939 bits per heavy atom. The van der Waals surface area contributed by atoms with E-state index in [1.807, 2.05) is 50.4 Å². The molecule has 7 heteroatoms. The van der Waals surface area contributed by atoms with E-state index >= 15 is 0 Å². The molecule has 174 valence electrons. The third-order valence-electron chi connectivity index (χ3n) is 6.06. The van der Waals surface area contributed by atoms with Crippen LogP contribution >= 0.6 is 11.8 Å². The molecule has 0 spiro atoms. The average molecular weight is 464 g/mol. The number of likely N-dealkylation sites (tertiary alicyclic amines) is 1. The fourth-order valence-corrected chi connectivity index (χ4v) is 5.20. The van der Waals surface area contributed by atoms with E-state index in [1.165, 1.54) is 36.6 Å². The van der Waals surface area contributed by atoms with E-state index in [2.05, 4.69) is 43.9 Å². The minimum atomic E-state index is -0.250. The van der Waals surface area contributed by atoms with Crippen molar-refractivity contribution >= 4 is 17.7 Å². The van der Waals surface area contributed by atoms with Gasteiger partial charge in [-0.25, -0.2) is 0 Å². The van der Waals surface area contributed by atoms with Crippen LogP contribution in [0.2, 0.25) is 0 Å². The molecule has 2 heterocycles. The van der Waals surface area contributed by atoms with E-state index < -0.39 is 0 Å². The average Bonchev–Trinajstić information content (AvgIpc) is 3.21. The fourth-order valence-electron chi connectivity index (χ4n) is 4.22. The summed E-state index contributed by atoms with van der Waals surface area (Å²) in [5.74, 6) is 1.07. The zero-order valence-corrected chi connectivity index (χ0v) is 20.4. The van der Waals surface area contributed by atoms with E-state index in [0.717, 1.165) is 36.2 Å². The van der Waals surface area contributed by atoms with Gasteiger partial charge in [0.25, 0.3) is 0 Å². The van der Waals surface area contributed by atoms with Gasteiger partial charge in [-0.2, -0.15) is 0 Å². The molecule has 1 amide bonds. The highest BCUT2D eigenvalue weighted by Crippen LogP contribution is 2.26. The summed E-state index contributed by atoms with van der Waals surface area (Å²) in [5.41, 5.74) is 2.33. The maximum absolute atomic E-state index is 13.1. The number of carbonyl (C=O) groups excluding carboxylic acids is 1. The first kappa shape index (κ1) is 23.5. The second-order valence-electron chi connectivity index (χ2n) is 8.75. The molecule has 0 N–H and O–H groups in total. The van der Waals surface area contributed by atoms with Crippen molar-refractivity contribution in [2.75, 3.05) is 20.1 Å². The Kier molecular flexibility index (Phi) is 8.18. The summed E-state index contributed by atoms with van der Waals surface area (Å²) in [4.78, 5) is 17.3.